The van der Waals surface area contributed by atoms with Crippen molar-refractivity contribution < 1.29 is 0 Å². The summed E-state index contributed by atoms with van der Waals surface area (Å²) in [5, 5.41) is 0. The third-order valence-electron chi connectivity index (χ3n) is 0.383. The van der Waals surface area contributed by atoms with Crippen LogP contribution in [0.25, 0.3) is 0 Å². The Labute approximate surface area is 48.6 Å². The van der Waals surface area contributed by atoms with Crippen LogP contribution in [0, 0.1) is 0 Å². The topological polar surface area (TPSA) is 0 Å². The Hall–Kier alpha value is 0.380. The summed E-state index contributed by atoms with van der Waals surface area (Å²) >= 11 is 9.19. The van der Waals surface area contributed by atoms with Crippen LogP contribution in [0.3, 0.4) is 0 Å². The summed E-state index contributed by atoms with van der Waals surface area (Å²) < 4.78 is 0. The zero-order valence-electron chi connectivity index (χ0n) is 3.45. The molecule has 0 amide bonds. The van der Waals surface area contributed by atoms with Crippen molar-refractivity contribution in [1.82, 2.24) is 0 Å². The average molecular weight is 123 g/mol. The third-order valence-corrected chi connectivity index (χ3v) is 0.796. The van der Waals surface area contributed by atoms with Gasteiger partial charge in [0.15, 0.2) is 0 Å². The van der Waals surface area contributed by atoms with Gasteiger partial charge >= 0.3 is 0 Å². The zero-order valence-corrected chi connectivity index (χ0v) is 5.10. The minimum atomic E-state index is 0.627. The van der Waals surface area contributed by atoms with E-state index in [-0.39, 0.29) is 0 Å². The number of halogens is 1. The van der Waals surface area contributed by atoms with Gasteiger partial charge in [-0.2, -0.15) is 0 Å². The van der Waals surface area contributed by atoms with E-state index in [9.17, 15) is 0 Å². The predicted molar refractivity (Wildman–Crippen MR) is 33.5 cm³/mol. The molecular weight excluding hydrogens is 116 g/mol. The number of hydrogen-bond acceptors (Lipinski definition) is 1. The first-order valence-corrected chi connectivity index (χ1v) is 2.68. The summed E-state index contributed by atoms with van der Waals surface area (Å²) in [6.45, 7) is 3.52. The van der Waals surface area contributed by atoms with Crippen molar-refractivity contribution in [2.75, 3.05) is 5.88 Å². The van der Waals surface area contributed by atoms with Gasteiger partial charge in [0.1, 0.15) is 0 Å². The van der Waals surface area contributed by atoms with Crippen LogP contribution < -0.4 is 0 Å². The lowest BCUT2D eigenvalue weighted by Gasteiger charge is -1.84. The van der Waals surface area contributed by atoms with Crippen LogP contribution in [0.15, 0.2) is 11.5 Å². The van der Waals surface area contributed by atoms with Gasteiger partial charge in [0.05, 0.1) is 0 Å². The number of allylic oxidation sites excluding steroid dienone is 1. The fourth-order valence-corrected chi connectivity index (χ4v) is 0.581. The van der Waals surface area contributed by atoms with Crippen LogP contribution >= 0.6 is 24.2 Å². The molecule has 0 unspecified atom stereocenters. The van der Waals surface area contributed by atoms with Crippen molar-refractivity contribution in [3.8, 4) is 0 Å². The summed E-state index contributed by atoms with van der Waals surface area (Å²) in [6, 6.07) is 0. The Morgan fingerprint density at radius 2 is 2.33 bits per heavy atom. The molecule has 0 aromatic rings. The molecule has 0 heterocycles. The molecule has 0 aromatic carbocycles. The van der Waals surface area contributed by atoms with Crippen LogP contribution in [0.1, 0.15) is 6.42 Å². The Kier molecular flexibility index (Phi) is 3.79. The van der Waals surface area contributed by atoms with Gasteiger partial charge in [-0.1, -0.05) is 6.58 Å². The van der Waals surface area contributed by atoms with E-state index in [2.05, 4.69) is 19.2 Å². The molecule has 0 nitrogen and oxygen atoms in total. The summed E-state index contributed by atoms with van der Waals surface area (Å²) in [6.07, 6.45) is 0.810. The minimum absolute atomic E-state index is 0.627. The van der Waals surface area contributed by atoms with Gasteiger partial charge in [-0.05, 0) is 11.3 Å². The van der Waals surface area contributed by atoms with E-state index in [1.807, 2.05) is 0 Å². The maximum Gasteiger partial charge on any atom is 0.0268 e. The molecule has 0 fully saturated rings. The van der Waals surface area contributed by atoms with Crippen LogP contribution in [0.2, 0.25) is 0 Å². The Morgan fingerprint density at radius 1 is 1.83 bits per heavy atom. The van der Waals surface area contributed by atoms with Crippen molar-refractivity contribution in [2.24, 2.45) is 0 Å². The monoisotopic (exact) mass is 122 g/mol. The average Bonchev–Trinajstić information content (AvgIpc) is 1.35. The highest BCUT2D eigenvalue weighted by Gasteiger charge is 1.78. The molecular formula is C4H7ClS. The molecule has 0 rings (SSSR count). The molecule has 0 aliphatic heterocycles. The van der Waals surface area contributed by atoms with E-state index in [4.69, 9.17) is 11.6 Å². The van der Waals surface area contributed by atoms with E-state index >= 15 is 0 Å². The molecule has 0 N–H and O–H groups in total. The molecule has 0 aliphatic carbocycles. The van der Waals surface area contributed by atoms with Gasteiger partial charge in [-0.25, -0.2) is 0 Å². The first-order valence-electron chi connectivity index (χ1n) is 1.70. The second-order valence-electron chi connectivity index (χ2n) is 1.01. The molecule has 36 valence electrons. The summed E-state index contributed by atoms with van der Waals surface area (Å²) in [4.78, 5) is 0.852. The Morgan fingerprint density at radius 3 is 2.33 bits per heavy atom. The fraction of sp³-hybridized carbons (Fsp3) is 0.500. The van der Waals surface area contributed by atoms with Gasteiger partial charge in [0, 0.05) is 5.88 Å². The fourth-order valence-electron chi connectivity index (χ4n) is 0.109. The molecule has 0 atom stereocenters. The van der Waals surface area contributed by atoms with E-state index in [1.165, 1.54) is 0 Å². The van der Waals surface area contributed by atoms with Crippen molar-refractivity contribution in [3.05, 3.63) is 11.5 Å². The predicted octanol–water partition coefficient (Wildman–Crippen LogP) is 2.06. The number of rotatable bonds is 2. The first kappa shape index (κ1) is 6.38. The maximum atomic E-state index is 5.29. The summed E-state index contributed by atoms with van der Waals surface area (Å²) in [5.74, 6) is 0.627. The van der Waals surface area contributed by atoms with Crippen LogP contribution in [-0.4, -0.2) is 5.88 Å². The molecule has 0 aromatic heterocycles. The number of alkyl halides is 1. The van der Waals surface area contributed by atoms with Crippen LogP contribution in [-0.2, 0) is 0 Å². The van der Waals surface area contributed by atoms with Crippen molar-refractivity contribution in [2.45, 2.75) is 6.42 Å². The molecule has 6 heavy (non-hydrogen) atoms. The molecule has 2 heteroatoms. The van der Waals surface area contributed by atoms with Gasteiger partial charge in [-0.15, -0.1) is 24.2 Å². The second kappa shape index (κ2) is 3.57. The van der Waals surface area contributed by atoms with E-state index < -0.39 is 0 Å². The molecule has 0 spiro atoms. The molecule has 0 saturated carbocycles. The quantitative estimate of drug-likeness (QED) is 0.421. The maximum absolute atomic E-state index is 5.29. The highest BCUT2D eigenvalue weighted by atomic mass is 35.5. The highest BCUT2D eigenvalue weighted by Crippen LogP contribution is 2.01. The highest BCUT2D eigenvalue weighted by molar-refractivity contribution is 7.84. The van der Waals surface area contributed by atoms with Gasteiger partial charge in [-0.3, -0.25) is 0 Å². The number of thiol groups is 1. The smallest absolute Gasteiger partial charge is 0.0268 e. The van der Waals surface area contributed by atoms with Gasteiger partial charge in [0.25, 0.3) is 0 Å². The van der Waals surface area contributed by atoms with E-state index in [0.29, 0.717) is 5.88 Å². The normalized spacial score (nSPS) is 8.33. The first-order chi connectivity index (χ1) is 2.77. The lowest BCUT2D eigenvalue weighted by molar-refractivity contribution is 1.22. The minimum Gasteiger partial charge on any atom is -0.148 e. The Balaban J connectivity index is 2.83. The van der Waals surface area contributed by atoms with Gasteiger partial charge in [0.2, 0.25) is 0 Å². The standard InChI is InChI=1S/C4H7ClS/c1-4(6)2-3-5/h6H,1-3H2. The van der Waals surface area contributed by atoms with Crippen LogP contribution in [0.5, 0.6) is 0 Å². The molecule has 0 bridgehead atoms. The SMILES string of the molecule is C=C(S)CCCl. The summed E-state index contributed by atoms with van der Waals surface area (Å²) in [5.41, 5.74) is 0. The van der Waals surface area contributed by atoms with Gasteiger partial charge < -0.3 is 0 Å². The molecule has 0 saturated heterocycles. The molecule has 0 radical (unpaired) electrons. The van der Waals surface area contributed by atoms with Crippen LogP contribution in [0.4, 0.5) is 0 Å². The lowest BCUT2D eigenvalue weighted by Crippen LogP contribution is -1.68. The van der Waals surface area contributed by atoms with Crippen molar-refractivity contribution >= 4 is 24.2 Å². The largest absolute Gasteiger partial charge is 0.148 e. The second-order valence-corrected chi connectivity index (χ2v) is 2.02. The Bertz CT molecular complexity index is 51.5. The number of hydrogen-bond donors (Lipinski definition) is 1. The van der Waals surface area contributed by atoms with E-state index in [0.717, 1.165) is 11.3 Å². The van der Waals surface area contributed by atoms with Crippen molar-refractivity contribution in [3.63, 3.8) is 0 Å². The van der Waals surface area contributed by atoms with Crippen molar-refractivity contribution in [1.29, 1.82) is 0 Å². The summed E-state index contributed by atoms with van der Waals surface area (Å²) in [7, 11) is 0. The lowest BCUT2D eigenvalue weighted by atomic mass is 10.5. The molecule has 0 aliphatic rings. The zero-order chi connectivity index (χ0) is 4.99. The van der Waals surface area contributed by atoms with E-state index in [1.54, 1.807) is 0 Å². The third kappa shape index (κ3) is 4.38.